The average molecular weight is 288 g/mol. The van der Waals surface area contributed by atoms with E-state index in [1.807, 2.05) is 30.7 Å². The molecule has 0 radical (unpaired) electrons. The van der Waals surface area contributed by atoms with E-state index in [4.69, 9.17) is 0 Å². The Morgan fingerprint density at radius 2 is 2.37 bits per heavy atom. The molecule has 0 atom stereocenters. The molecule has 3 heterocycles. The van der Waals surface area contributed by atoms with Crippen LogP contribution in [0.2, 0.25) is 0 Å². The first kappa shape index (κ1) is 12.5. The summed E-state index contributed by atoms with van der Waals surface area (Å²) in [4.78, 5) is 14.5. The molecule has 19 heavy (non-hydrogen) atoms. The molecule has 4 nitrogen and oxygen atoms in total. The highest BCUT2D eigenvalue weighted by Crippen LogP contribution is 2.43. The maximum absolute atomic E-state index is 4.61. The van der Waals surface area contributed by atoms with Crippen molar-refractivity contribution in [3.63, 3.8) is 0 Å². The van der Waals surface area contributed by atoms with E-state index in [2.05, 4.69) is 25.8 Å². The van der Waals surface area contributed by atoms with Gasteiger partial charge in [0.2, 0.25) is 0 Å². The fourth-order valence-electron chi connectivity index (χ4n) is 1.90. The molecule has 0 aromatic carbocycles. The third-order valence-electron chi connectivity index (χ3n) is 2.70. The lowest BCUT2D eigenvalue weighted by atomic mass is 10.2. The Hall–Kier alpha value is -1.53. The Kier molecular flexibility index (Phi) is 3.44. The van der Waals surface area contributed by atoms with Crippen molar-refractivity contribution in [3.8, 4) is 11.3 Å². The van der Waals surface area contributed by atoms with Gasteiger partial charge in [-0.1, -0.05) is 17.8 Å². The van der Waals surface area contributed by atoms with Crippen LogP contribution in [-0.4, -0.2) is 27.8 Å². The van der Waals surface area contributed by atoms with Crippen molar-refractivity contribution in [3.05, 3.63) is 37.2 Å². The van der Waals surface area contributed by atoms with Gasteiger partial charge < -0.3 is 0 Å². The molecule has 0 saturated heterocycles. The van der Waals surface area contributed by atoms with Gasteiger partial charge in [-0.3, -0.25) is 4.31 Å². The van der Waals surface area contributed by atoms with Gasteiger partial charge in [-0.15, -0.1) is 6.58 Å². The lowest BCUT2D eigenvalue weighted by Gasteiger charge is -2.28. The molecule has 0 aliphatic carbocycles. The Bertz CT molecular complexity index is 630. The van der Waals surface area contributed by atoms with E-state index < -0.39 is 0 Å². The first-order valence-corrected chi connectivity index (χ1v) is 7.76. The summed E-state index contributed by atoms with van der Waals surface area (Å²) in [6, 6.07) is 3.99. The minimum Gasteiger partial charge on any atom is -0.292 e. The Labute approximate surface area is 120 Å². The van der Waals surface area contributed by atoms with Crippen molar-refractivity contribution in [2.24, 2.45) is 0 Å². The molecule has 0 N–H and O–H groups in total. The maximum atomic E-state index is 4.61. The molecular weight excluding hydrogens is 276 g/mol. The second-order valence-electron chi connectivity index (χ2n) is 3.89. The summed E-state index contributed by atoms with van der Waals surface area (Å²) in [6.45, 7) is 4.53. The standard InChI is InChI=1S/C13H12N4S2/c1-3-7-17-12-9(5-4-6-14-12)11-10(19-17)8-15-13(16-11)18-2/h3-6,8H,1,7H2,2H3. The molecule has 6 heteroatoms. The molecule has 0 unspecified atom stereocenters. The van der Waals surface area contributed by atoms with Gasteiger partial charge in [0.25, 0.3) is 0 Å². The first-order chi connectivity index (χ1) is 9.33. The average Bonchev–Trinajstić information content (AvgIpc) is 2.47. The molecule has 1 aliphatic rings. The number of nitrogens with zero attached hydrogens (tertiary/aromatic N) is 4. The summed E-state index contributed by atoms with van der Waals surface area (Å²) in [7, 11) is 0. The highest BCUT2D eigenvalue weighted by atomic mass is 32.2. The zero-order valence-electron chi connectivity index (χ0n) is 10.4. The van der Waals surface area contributed by atoms with E-state index in [1.165, 1.54) is 0 Å². The molecule has 2 aromatic heterocycles. The second kappa shape index (κ2) is 5.22. The van der Waals surface area contributed by atoms with Gasteiger partial charge >= 0.3 is 0 Å². The molecule has 96 valence electrons. The van der Waals surface area contributed by atoms with Crippen LogP contribution in [0.15, 0.2) is 47.2 Å². The number of pyridine rings is 1. The lowest BCUT2D eigenvalue weighted by Crippen LogP contribution is -2.20. The number of hydrogen-bond donors (Lipinski definition) is 0. The van der Waals surface area contributed by atoms with Crippen LogP contribution in [0, 0.1) is 0 Å². The topological polar surface area (TPSA) is 41.9 Å². The number of aromatic nitrogens is 3. The highest BCUT2D eigenvalue weighted by Gasteiger charge is 2.25. The summed E-state index contributed by atoms with van der Waals surface area (Å²) >= 11 is 3.15. The molecular formula is C13H12N4S2. The van der Waals surface area contributed by atoms with Gasteiger partial charge in [-0.25, -0.2) is 15.0 Å². The SMILES string of the molecule is C=CCN1Sc2cnc(SC)nc2-c2cccnc21. The fourth-order valence-corrected chi connectivity index (χ4v) is 3.23. The van der Waals surface area contributed by atoms with Crippen LogP contribution in [0.4, 0.5) is 5.82 Å². The lowest BCUT2D eigenvalue weighted by molar-refractivity contribution is 0.932. The van der Waals surface area contributed by atoms with Gasteiger partial charge in [-0.05, 0) is 30.3 Å². The Morgan fingerprint density at radius 3 is 3.16 bits per heavy atom. The van der Waals surface area contributed by atoms with Gasteiger partial charge in [0, 0.05) is 24.5 Å². The minimum absolute atomic E-state index is 0.735. The zero-order valence-corrected chi connectivity index (χ0v) is 12.0. The third-order valence-corrected chi connectivity index (χ3v) is 4.30. The van der Waals surface area contributed by atoms with Crippen molar-refractivity contribution in [1.82, 2.24) is 15.0 Å². The number of thioether (sulfide) groups is 1. The Morgan fingerprint density at radius 1 is 1.47 bits per heavy atom. The summed E-state index contributed by atoms with van der Waals surface area (Å²) in [6.07, 6.45) is 7.53. The van der Waals surface area contributed by atoms with Crippen molar-refractivity contribution >= 4 is 29.5 Å². The Balaban J connectivity index is 2.16. The third kappa shape index (κ3) is 2.21. The van der Waals surface area contributed by atoms with Crippen molar-refractivity contribution in [1.29, 1.82) is 0 Å². The number of hydrogen-bond acceptors (Lipinski definition) is 6. The summed E-state index contributed by atoms with van der Waals surface area (Å²) in [5.41, 5.74) is 2.02. The van der Waals surface area contributed by atoms with E-state index in [9.17, 15) is 0 Å². The van der Waals surface area contributed by atoms with E-state index >= 15 is 0 Å². The van der Waals surface area contributed by atoms with Crippen LogP contribution in [-0.2, 0) is 0 Å². The van der Waals surface area contributed by atoms with Gasteiger partial charge in [-0.2, -0.15) is 0 Å². The van der Waals surface area contributed by atoms with E-state index in [1.54, 1.807) is 29.9 Å². The van der Waals surface area contributed by atoms with E-state index in [0.29, 0.717) is 0 Å². The van der Waals surface area contributed by atoms with Gasteiger partial charge in [0.1, 0.15) is 5.82 Å². The van der Waals surface area contributed by atoms with Crippen LogP contribution in [0.3, 0.4) is 0 Å². The molecule has 1 aliphatic heterocycles. The predicted molar refractivity (Wildman–Crippen MR) is 80.4 cm³/mol. The summed E-state index contributed by atoms with van der Waals surface area (Å²) in [5.74, 6) is 0.936. The zero-order chi connectivity index (χ0) is 13.2. The fraction of sp³-hybridized carbons (Fsp3) is 0.154. The van der Waals surface area contributed by atoms with Gasteiger partial charge in [0.05, 0.1) is 10.6 Å². The summed E-state index contributed by atoms with van der Waals surface area (Å²) < 4.78 is 2.10. The molecule has 2 aromatic rings. The molecule has 0 fully saturated rings. The molecule has 0 bridgehead atoms. The van der Waals surface area contributed by atoms with E-state index in [-0.39, 0.29) is 0 Å². The number of fused-ring (bicyclic) bond motifs is 3. The maximum Gasteiger partial charge on any atom is 0.187 e. The number of anilines is 1. The second-order valence-corrected chi connectivity index (χ2v) is 5.72. The monoisotopic (exact) mass is 288 g/mol. The molecule has 0 amide bonds. The van der Waals surface area contributed by atoms with Crippen molar-refractivity contribution in [2.45, 2.75) is 10.1 Å². The highest BCUT2D eigenvalue weighted by molar-refractivity contribution is 8.01. The van der Waals surface area contributed by atoms with Crippen molar-refractivity contribution in [2.75, 3.05) is 17.1 Å². The van der Waals surface area contributed by atoms with Gasteiger partial charge in [0.15, 0.2) is 5.16 Å². The van der Waals surface area contributed by atoms with Crippen LogP contribution < -0.4 is 4.31 Å². The van der Waals surface area contributed by atoms with Crippen LogP contribution in [0.1, 0.15) is 0 Å². The van der Waals surface area contributed by atoms with Crippen LogP contribution >= 0.6 is 23.7 Å². The number of rotatable bonds is 3. The molecule has 0 spiro atoms. The smallest absolute Gasteiger partial charge is 0.187 e. The van der Waals surface area contributed by atoms with E-state index in [0.717, 1.165) is 33.7 Å². The normalized spacial score (nSPS) is 12.8. The molecule has 3 rings (SSSR count). The summed E-state index contributed by atoms with van der Waals surface area (Å²) in [5, 5.41) is 0.784. The van der Waals surface area contributed by atoms with Crippen molar-refractivity contribution < 1.29 is 0 Å². The quantitative estimate of drug-likeness (QED) is 0.374. The molecule has 0 saturated carbocycles. The van der Waals surface area contributed by atoms with Crippen LogP contribution in [0.25, 0.3) is 11.3 Å². The van der Waals surface area contributed by atoms with Crippen LogP contribution in [0.5, 0.6) is 0 Å². The predicted octanol–water partition coefficient (Wildman–Crippen LogP) is 3.27. The first-order valence-electron chi connectivity index (χ1n) is 5.76. The largest absolute Gasteiger partial charge is 0.292 e. The minimum atomic E-state index is 0.735.